The molecule has 1 heterocycles. The molecule has 1 aliphatic rings. The van der Waals surface area contributed by atoms with Crippen molar-refractivity contribution < 1.29 is 6.15 Å². The number of hydrogen-bond acceptors (Lipinski definition) is 3. The number of nitrogens with zero attached hydrogens (tertiary/aromatic N) is 1. The number of rotatable bonds is 6. The predicted molar refractivity (Wildman–Crippen MR) is 83.8 cm³/mol. The van der Waals surface area contributed by atoms with Crippen LogP contribution in [0.4, 0.5) is 0 Å². The van der Waals surface area contributed by atoms with E-state index in [4.69, 9.17) is 6.15 Å². The van der Waals surface area contributed by atoms with Crippen LogP contribution < -0.4 is 0 Å². The number of hydrogen-bond donors (Lipinski definition) is 0. The molecule has 0 aromatic heterocycles. The van der Waals surface area contributed by atoms with Crippen LogP contribution in [0.3, 0.4) is 0 Å². The van der Waals surface area contributed by atoms with Crippen molar-refractivity contribution in [2.45, 2.75) is 74.5 Å². The van der Waals surface area contributed by atoms with Crippen LogP contribution in [0, 0.1) is 0 Å². The fourth-order valence-electron chi connectivity index (χ4n) is 3.04. The van der Waals surface area contributed by atoms with E-state index in [1.807, 2.05) is 0 Å². The van der Waals surface area contributed by atoms with E-state index >= 15 is 0 Å². The van der Waals surface area contributed by atoms with Gasteiger partial charge in [-0.05, 0) is 0 Å². The molecule has 0 aromatic rings. The topological polar surface area (TPSA) is 21.7 Å². The van der Waals surface area contributed by atoms with Crippen molar-refractivity contribution in [2.75, 3.05) is 20.1 Å². The van der Waals surface area contributed by atoms with Crippen LogP contribution in [0.1, 0.15) is 53.4 Å². The third-order valence-electron chi connectivity index (χ3n) is 3.79. The van der Waals surface area contributed by atoms with Gasteiger partial charge in [-0.3, -0.25) is 0 Å². The average molecular weight is 378 g/mol. The monoisotopic (exact) mass is 379 g/mol. The summed E-state index contributed by atoms with van der Waals surface area (Å²) in [5.74, 6) is 0. The Kier molecular flexibility index (Phi) is 8.26. The van der Waals surface area contributed by atoms with Crippen molar-refractivity contribution >= 4 is 19.2 Å². The quantitative estimate of drug-likeness (QED) is 0.657. The standard InChI is InChI=1S/C7H15NO2.2C4H9.Sn/c1-6(9)4-8(3)5-7(2)10;2*1-3-4-2;/h6-7H,4-5H2,1-3H3;2*1,3-4H2,2H3;/q-2;;;+2. The summed E-state index contributed by atoms with van der Waals surface area (Å²) < 4.78 is 15.6. The molecular formula is C15H33NO2Sn. The van der Waals surface area contributed by atoms with Gasteiger partial charge in [0.05, 0.1) is 0 Å². The molecule has 0 bridgehead atoms. The molecule has 2 atom stereocenters. The second-order valence-corrected chi connectivity index (χ2v) is 15.6. The molecule has 0 amide bonds. The molecule has 0 saturated carbocycles. The van der Waals surface area contributed by atoms with Gasteiger partial charge in [0.15, 0.2) is 0 Å². The normalized spacial score (nSPS) is 28.9. The molecule has 1 aliphatic heterocycles. The van der Waals surface area contributed by atoms with E-state index in [9.17, 15) is 0 Å². The van der Waals surface area contributed by atoms with Gasteiger partial charge in [-0.25, -0.2) is 0 Å². The maximum atomic E-state index is 6.57. The van der Waals surface area contributed by atoms with E-state index < -0.39 is 19.2 Å². The Labute approximate surface area is 125 Å². The van der Waals surface area contributed by atoms with Crippen LogP contribution in [0.15, 0.2) is 0 Å². The summed E-state index contributed by atoms with van der Waals surface area (Å²) in [6.45, 7) is 11.1. The molecule has 114 valence electrons. The Morgan fingerprint density at radius 1 is 0.947 bits per heavy atom. The molecule has 19 heavy (non-hydrogen) atoms. The summed E-state index contributed by atoms with van der Waals surface area (Å²) in [7, 11) is 2.17. The van der Waals surface area contributed by atoms with Crippen molar-refractivity contribution in [3.8, 4) is 0 Å². The van der Waals surface area contributed by atoms with Gasteiger partial charge in [-0.2, -0.15) is 0 Å². The third kappa shape index (κ3) is 6.32. The van der Waals surface area contributed by atoms with Gasteiger partial charge < -0.3 is 0 Å². The number of likely N-dealkylation sites (N-methyl/N-ethyl adjacent to an activating group) is 1. The summed E-state index contributed by atoms with van der Waals surface area (Å²) in [6, 6.07) is 0. The molecule has 1 rings (SSSR count). The molecule has 0 aliphatic carbocycles. The van der Waals surface area contributed by atoms with E-state index in [2.05, 4.69) is 39.6 Å². The summed E-state index contributed by atoms with van der Waals surface area (Å²) in [5, 5.41) is 0. The molecule has 0 radical (unpaired) electrons. The zero-order valence-corrected chi connectivity index (χ0v) is 16.4. The molecule has 1 fully saturated rings. The Hall–Kier alpha value is 0.679. The molecule has 0 N–H and O–H groups in total. The summed E-state index contributed by atoms with van der Waals surface area (Å²) in [6.07, 6.45) is 5.72. The van der Waals surface area contributed by atoms with E-state index in [-0.39, 0.29) is 0 Å². The minimum absolute atomic E-state index is 0.335. The first-order valence-corrected chi connectivity index (χ1v) is 14.4. The van der Waals surface area contributed by atoms with Crippen molar-refractivity contribution in [3.05, 3.63) is 0 Å². The first kappa shape index (κ1) is 17.7. The Morgan fingerprint density at radius 2 is 1.37 bits per heavy atom. The second kappa shape index (κ2) is 8.85. The summed E-state index contributed by atoms with van der Waals surface area (Å²) in [5.41, 5.74) is 0. The van der Waals surface area contributed by atoms with E-state index in [1.165, 1.54) is 34.6 Å². The fourth-order valence-corrected chi connectivity index (χ4v) is 15.0. The van der Waals surface area contributed by atoms with Crippen LogP contribution in [-0.2, 0) is 6.15 Å². The second-order valence-electron chi connectivity index (χ2n) is 6.20. The van der Waals surface area contributed by atoms with Crippen LogP contribution in [-0.4, -0.2) is 56.5 Å². The van der Waals surface area contributed by atoms with Gasteiger partial charge in [0.2, 0.25) is 0 Å². The van der Waals surface area contributed by atoms with E-state index in [0.29, 0.717) is 12.2 Å². The molecule has 1 saturated heterocycles. The first-order valence-electron chi connectivity index (χ1n) is 8.05. The van der Waals surface area contributed by atoms with Crippen LogP contribution in [0.2, 0.25) is 8.87 Å². The number of unbranched alkanes of at least 4 members (excludes halogenated alkanes) is 2. The van der Waals surface area contributed by atoms with Crippen LogP contribution in [0.25, 0.3) is 0 Å². The fraction of sp³-hybridized carbons (Fsp3) is 1.00. The SMILES string of the molecule is CCC[CH2][Sn]1([CH2]CCC)[O]C(C)CN(C)CC(C)[O]1. The van der Waals surface area contributed by atoms with E-state index in [0.717, 1.165) is 13.1 Å². The first-order chi connectivity index (χ1) is 9.01. The van der Waals surface area contributed by atoms with Gasteiger partial charge in [0, 0.05) is 0 Å². The summed E-state index contributed by atoms with van der Waals surface area (Å²) in [4.78, 5) is 2.34. The van der Waals surface area contributed by atoms with Crippen molar-refractivity contribution in [1.82, 2.24) is 4.90 Å². The van der Waals surface area contributed by atoms with Crippen molar-refractivity contribution in [2.24, 2.45) is 0 Å². The van der Waals surface area contributed by atoms with Crippen LogP contribution >= 0.6 is 0 Å². The molecular weight excluding hydrogens is 345 g/mol. The average Bonchev–Trinajstić information content (AvgIpc) is 2.31. The molecule has 4 heteroatoms. The van der Waals surface area contributed by atoms with Crippen molar-refractivity contribution in [1.29, 1.82) is 0 Å². The van der Waals surface area contributed by atoms with Crippen molar-refractivity contribution in [3.63, 3.8) is 0 Å². The van der Waals surface area contributed by atoms with Gasteiger partial charge >= 0.3 is 125 Å². The van der Waals surface area contributed by atoms with E-state index in [1.54, 1.807) is 0 Å². The van der Waals surface area contributed by atoms with Gasteiger partial charge in [-0.1, -0.05) is 0 Å². The third-order valence-corrected chi connectivity index (χ3v) is 14.9. The Bertz CT molecular complexity index is 226. The molecule has 2 unspecified atom stereocenters. The maximum absolute atomic E-state index is 6.57. The predicted octanol–water partition coefficient (Wildman–Crippen LogP) is 3.78. The summed E-state index contributed by atoms with van der Waals surface area (Å²) >= 11 is -2.83. The zero-order chi connectivity index (χ0) is 14.3. The Morgan fingerprint density at radius 3 is 1.74 bits per heavy atom. The Balaban J connectivity index is 2.76. The van der Waals surface area contributed by atoms with Gasteiger partial charge in [-0.15, -0.1) is 0 Å². The zero-order valence-electron chi connectivity index (χ0n) is 13.6. The minimum atomic E-state index is -2.83. The molecule has 0 aromatic carbocycles. The molecule has 0 spiro atoms. The molecule has 3 nitrogen and oxygen atoms in total. The van der Waals surface area contributed by atoms with Gasteiger partial charge in [0.25, 0.3) is 0 Å². The van der Waals surface area contributed by atoms with Gasteiger partial charge in [0.1, 0.15) is 0 Å². The van der Waals surface area contributed by atoms with Crippen LogP contribution in [0.5, 0.6) is 0 Å².